The monoisotopic (exact) mass is 330 g/mol. The van der Waals surface area contributed by atoms with Gasteiger partial charge in [0.15, 0.2) is 5.75 Å². The number of rotatable bonds is 2. The maximum absolute atomic E-state index is 11.8. The third-order valence-electron chi connectivity index (χ3n) is 2.37. The van der Waals surface area contributed by atoms with Crippen molar-refractivity contribution in [2.45, 2.75) is 6.92 Å². The van der Waals surface area contributed by atoms with Gasteiger partial charge in [-0.1, -0.05) is 23.2 Å². The van der Waals surface area contributed by atoms with E-state index in [1.807, 2.05) is 0 Å². The predicted molar refractivity (Wildman–Crippen MR) is 79.5 cm³/mol. The van der Waals surface area contributed by atoms with Gasteiger partial charge >= 0.3 is 0 Å². The number of aromatic nitrogens is 3. The third kappa shape index (κ3) is 2.90. The zero-order chi connectivity index (χ0) is 14.9. The van der Waals surface area contributed by atoms with Gasteiger partial charge in [-0.25, -0.2) is 0 Å². The predicted octanol–water partition coefficient (Wildman–Crippen LogP) is 2.50. The highest BCUT2D eigenvalue weighted by Gasteiger charge is 2.06. The molecule has 0 aliphatic carbocycles. The molecular weight excluding hydrogens is 323 g/mol. The number of halogens is 2. The largest absolute Gasteiger partial charge is 0.505 e. The van der Waals surface area contributed by atoms with Gasteiger partial charge in [0.25, 0.3) is 5.56 Å². The van der Waals surface area contributed by atoms with Crippen LogP contribution in [-0.2, 0) is 0 Å². The van der Waals surface area contributed by atoms with Gasteiger partial charge in [0.05, 0.1) is 16.3 Å². The zero-order valence-electron chi connectivity index (χ0n) is 10.1. The summed E-state index contributed by atoms with van der Waals surface area (Å²) in [4.78, 5) is 11.8. The molecule has 0 spiro atoms. The van der Waals surface area contributed by atoms with E-state index in [0.717, 1.165) is 4.68 Å². The minimum absolute atomic E-state index is 0.0628. The molecule has 0 saturated carbocycles. The first-order valence-electron chi connectivity index (χ1n) is 5.31. The summed E-state index contributed by atoms with van der Waals surface area (Å²) in [5.74, 6) is -0.209. The van der Waals surface area contributed by atoms with Crippen molar-refractivity contribution in [1.29, 1.82) is 0 Å². The van der Waals surface area contributed by atoms with E-state index < -0.39 is 5.56 Å². The number of nitrogens with one attached hydrogen (secondary N) is 1. The molecule has 20 heavy (non-hydrogen) atoms. The molecule has 0 aliphatic rings. The fraction of sp³-hybridized carbons (Fsp3) is 0.0909. The number of phenols is 1. The van der Waals surface area contributed by atoms with Crippen LogP contribution in [0.5, 0.6) is 5.75 Å². The molecule has 0 amide bonds. The Morgan fingerprint density at radius 1 is 1.45 bits per heavy atom. The topological polar surface area (TPSA) is 83.3 Å². The average molecular weight is 331 g/mol. The molecule has 0 fully saturated rings. The molecule has 2 rings (SSSR count). The molecule has 104 valence electrons. The van der Waals surface area contributed by atoms with Crippen molar-refractivity contribution < 1.29 is 5.11 Å². The van der Waals surface area contributed by atoms with Crippen LogP contribution in [0.2, 0.25) is 10.0 Å². The highest BCUT2D eigenvalue weighted by atomic mass is 35.5. The first kappa shape index (κ1) is 14.7. The van der Waals surface area contributed by atoms with Crippen LogP contribution in [0.3, 0.4) is 0 Å². The third-order valence-corrected chi connectivity index (χ3v) is 3.22. The van der Waals surface area contributed by atoms with Gasteiger partial charge in [-0.3, -0.25) is 9.89 Å². The number of benzene rings is 1. The molecule has 2 N–H and O–H groups in total. The Kier molecular flexibility index (Phi) is 4.22. The molecule has 1 heterocycles. The maximum atomic E-state index is 11.8. The number of phenolic OH excluding ortho intramolecular Hbond substituents is 1. The first-order valence-corrected chi connectivity index (χ1v) is 6.47. The molecule has 0 aliphatic heterocycles. The SMILES string of the molecule is Cc1n[nH]c(=S)n(/N=C\c2cc(Cl)c(O)c(Cl)c2)c1=O. The Hall–Kier alpha value is -1.70. The van der Waals surface area contributed by atoms with Crippen molar-refractivity contribution in [3.8, 4) is 5.75 Å². The van der Waals surface area contributed by atoms with Crippen LogP contribution >= 0.6 is 35.4 Å². The van der Waals surface area contributed by atoms with Gasteiger partial charge in [-0.2, -0.15) is 14.9 Å². The van der Waals surface area contributed by atoms with Gasteiger partial charge in [-0.05, 0) is 36.8 Å². The van der Waals surface area contributed by atoms with Gasteiger partial charge in [0, 0.05) is 0 Å². The van der Waals surface area contributed by atoms with Crippen LogP contribution in [0.4, 0.5) is 0 Å². The summed E-state index contributed by atoms with van der Waals surface area (Å²) >= 11 is 16.5. The number of H-pyrrole nitrogens is 1. The lowest BCUT2D eigenvalue weighted by molar-refractivity contribution is 0.476. The van der Waals surface area contributed by atoms with Gasteiger partial charge in [0.2, 0.25) is 4.77 Å². The number of aromatic hydroxyl groups is 1. The average Bonchev–Trinajstić information content (AvgIpc) is 2.40. The summed E-state index contributed by atoms with van der Waals surface area (Å²) in [6.07, 6.45) is 1.35. The molecule has 0 bridgehead atoms. The minimum Gasteiger partial charge on any atom is -0.505 e. The standard InChI is InChI=1S/C11H8Cl2N4O2S/c1-5-10(19)17(11(20)16-15-5)14-4-6-2-7(12)9(18)8(13)3-6/h2-4,18H,1H3,(H,16,20)/b14-4-. The second-order valence-electron chi connectivity index (χ2n) is 3.81. The zero-order valence-corrected chi connectivity index (χ0v) is 12.4. The smallest absolute Gasteiger partial charge is 0.296 e. The van der Waals surface area contributed by atoms with E-state index in [1.165, 1.54) is 25.3 Å². The lowest BCUT2D eigenvalue weighted by Crippen LogP contribution is -2.22. The van der Waals surface area contributed by atoms with Gasteiger partial charge < -0.3 is 5.11 Å². The van der Waals surface area contributed by atoms with Crippen molar-refractivity contribution in [2.24, 2.45) is 5.10 Å². The summed E-state index contributed by atoms with van der Waals surface area (Å²) in [6, 6.07) is 2.91. The number of aryl methyl sites for hydroxylation is 1. The summed E-state index contributed by atoms with van der Waals surface area (Å²) in [6.45, 7) is 1.54. The Labute approximate surface area is 128 Å². The van der Waals surface area contributed by atoms with Crippen molar-refractivity contribution in [2.75, 3.05) is 0 Å². The molecule has 0 atom stereocenters. The fourth-order valence-electron chi connectivity index (χ4n) is 1.36. The van der Waals surface area contributed by atoms with Crippen molar-refractivity contribution in [3.05, 3.63) is 48.6 Å². The number of aromatic amines is 1. The highest BCUT2D eigenvalue weighted by Crippen LogP contribution is 2.32. The van der Waals surface area contributed by atoms with Crippen molar-refractivity contribution in [1.82, 2.24) is 14.9 Å². The normalized spacial score (nSPS) is 11.2. The second-order valence-corrected chi connectivity index (χ2v) is 5.01. The van der Waals surface area contributed by atoms with Crippen LogP contribution in [0.15, 0.2) is 22.0 Å². The van der Waals surface area contributed by atoms with Crippen LogP contribution in [-0.4, -0.2) is 26.2 Å². The van der Waals surface area contributed by atoms with Crippen LogP contribution in [0.25, 0.3) is 0 Å². The molecule has 2 aromatic rings. The lowest BCUT2D eigenvalue weighted by atomic mass is 10.2. The molecule has 6 nitrogen and oxygen atoms in total. The number of hydrogen-bond donors (Lipinski definition) is 2. The lowest BCUT2D eigenvalue weighted by Gasteiger charge is -2.02. The van der Waals surface area contributed by atoms with E-state index in [9.17, 15) is 9.90 Å². The molecule has 0 unspecified atom stereocenters. The molecule has 1 aromatic carbocycles. The van der Waals surface area contributed by atoms with Crippen LogP contribution in [0, 0.1) is 11.7 Å². The summed E-state index contributed by atoms with van der Waals surface area (Å²) in [5, 5.41) is 19.8. The fourth-order valence-corrected chi connectivity index (χ4v) is 2.04. The maximum Gasteiger partial charge on any atom is 0.296 e. The number of nitrogens with zero attached hydrogens (tertiary/aromatic N) is 3. The Bertz CT molecular complexity index is 790. The Morgan fingerprint density at radius 2 is 2.05 bits per heavy atom. The van der Waals surface area contributed by atoms with E-state index >= 15 is 0 Å². The van der Waals surface area contributed by atoms with Crippen molar-refractivity contribution in [3.63, 3.8) is 0 Å². The summed E-state index contributed by atoms with van der Waals surface area (Å²) < 4.78 is 1.06. The van der Waals surface area contributed by atoms with E-state index in [4.69, 9.17) is 35.4 Å². The molecule has 1 aromatic heterocycles. The van der Waals surface area contributed by atoms with E-state index in [2.05, 4.69) is 15.3 Å². The second kappa shape index (κ2) is 5.74. The van der Waals surface area contributed by atoms with Gasteiger partial charge in [0.1, 0.15) is 5.69 Å². The number of hydrogen-bond acceptors (Lipinski definition) is 5. The Morgan fingerprint density at radius 3 is 2.65 bits per heavy atom. The Balaban J connectivity index is 2.48. The van der Waals surface area contributed by atoms with Crippen molar-refractivity contribution >= 4 is 41.6 Å². The highest BCUT2D eigenvalue weighted by molar-refractivity contribution is 7.71. The summed E-state index contributed by atoms with van der Waals surface area (Å²) in [5.41, 5.74) is 0.312. The molecule has 0 saturated heterocycles. The summed E-state index contributed by atoms with van der Waals surface area (Å²) in [7, 11) is 0. The molecule has 0 radical (unpaired) electrons. The minimum atomic E-state index is -0.430. The van der Waals surface area contributed by atoms with E-state index in [1.54, 1.807) is 0 Å². The van der Waals surface area contributed by atoms with E-state index in [-0.39, 0.29) is 26.3 Å². The first-order chi connectivity index (χ1) is 9.40. The van der Waals surface area contributed by atoms with Crippen LogP contribution in [0.1, 0.15) is 11.3 Å². The van der Waals surface area contributed by atoms with Gasteiger partial charge in [-0.15, -0.1) is 0 Å². The van der Waals surface area contributed by atoms with E-state index in [0.29, 0.717) is 5.56 Å². The quantitative estimate of drug-likeness (QED) is 0.654. The molecular formula is C11H8Cl2N4O2S. The molecule has 9 heteroatoms. The van der Waals surface area contributed by atoms with Crippen LogP contribution < -0.4 is 5.56 Å².